The first kappa shape index (κ1) is 45.6. The van der Waals surface area contributed by atoms with Crippen LogP contribution >= 0.6 is 0 Å². The Hall–Kier alpha value is -0.940. The topological polar surface area (TPSA) is 256 Å². The second-order valence-electron chi connectivity index (χ2n) is 19.8. The van der Waals surface area contributed by atoms with Gasteiger partial charge in [-0.15, -0.1) is 0 Å². The lowest BCUT2D eigenvalue weighted by molar-refractivity contribution is -0.352. The molecule has 8 rings (SSSR count). The van der Waals surface area contributed by atoms with E-state index in [9.17, 15) is 46.0 Å². The van der Waals surface area contributed by atoms with Gasteiger partial charge >= 0.3 is 0 Å². The van der Waals surface area contributed by atoms with Crippen molar-refractivity contribution >= 4 is 0 Å². The van der Waals surface area contributed by atoms with Gasteiger partial charge in [-0.1, -0.05) is 25.5 Å². The van der Waals surface area contributed by atoms with Crippen molar-refractivity contribution < 1.29 is 83.9 Å². The maximum Gasteiger partial charge on any atom is 0.186 e. The summed E-state index contributed by atoms with van der Waals surface area (Å²) >= 11 is 0. The summed E-state index contributed by atoms with van der Waals surface area (Å²) in [7, 11) is 0. The summed E-state index contributed by atoms with van der Waals surface area (Å²) in [6.45, 7) is 9.34. The molecule has 0 bridgehead atoms. The molecule has 0 spiro atoms. The van der Waals surface area contributed by atoms with Crippen LogP contribution in [0.15, 0.2) is 11.6 Å². The van der Waals surface area contributed by atoms with E-state index in [0.717, 1.165) is 51.4 Å². The van der Waals surface area contributed by atoms with Crippen LogP contribution in [-0.4, -0.2) is 175 Å². The third-order valence-corrected chi connectivity index (χ3v) is 16.3. The highest BCUT2D eigenvalue weighted by atomic mass is 16.8. The molecule has 24 unspecified atom stereocenters. The minimum absolute atomic E-state index is 0.0353. The third kappa shape index (κ3) is 8.07. The normalized spacial score (nSPS) is 55.3. The van der Waals surface area contributed by atoms with Crippen LogP contribution in [0, 0.1) is 28.6 Å². The average molecular weight is 859 g/mol. The van der Waals surface area contributed by atoms with Crippen molar-refractivity contribution in [2.45, 2.75) is 215 Å². The van der Waals surface area contributed by atoms with Crippen LogP contribution in [0.25, 0.3) is 0 Å². The largest absolute Gasteiger partial charge is 0.393 e. The molecule has 4 heterocycles. The first-order valence-electron chi connectivity index (χ1n) is 22.4. The first-order valence-corrected chi connectivity index (χ1v) is 22.4. The van der Waals surface area contributed by atoms with E-state index in [2.05, 4.69) is 19.9 Å². The van der Waals surface area contributed by atoms with Gasteiger partial charge in [0.2, 0.25) is 0 Å². The fourth-order valence-electron chi connectivity index (χ4n) is 12.8. The maximum atomic E-state index is 12.3. The van der Waals surface area contributed by atoms with Gasteiger partial charge in [-0.05, 0) is 95.3 Å². The fraction of sp³-hybridized carbons (Fsp3) is 0.953. The lowest BCUT2D eigenvalue weighted by atomic mass is 9.45. The number of rotatable bonds is 9. The van der Waals surface area contributed by atoms with Gasteiger partial charge in [-0.25, -0.2) is 0 Å². The molecule has 17 nitrogen and oxygen atoms in total. The zero-order chi connectivity index (χ0) is 43.1. The Balaban J connectivity index is 0.801. The van der Waals surface area contributed by atoms with E-state index in [0.29, 0.717) is 5.92 Å². The highest BCUT2D eigenvalue weighted by Crippen LogP contribution is 2.68. The molecule has 0 aromatic rings. The van der Waals surface area contributed by atoms with Gasteiger partial charge in [0, 0.05) is 18.3 Å². The molecule has 4 aliphatic carbocycles. The molecule has 9 N–H and O–H groups in total. The lowest BCUT2D eigenvalue weighted by Gasteiger charge is -2.61. The van der Waals surface area contributed by atoms with Crippen molar-refractivity contribution in [1.29, 1.82) is 0 Å². The molecular formula is C43H70O17. The molecule has 17 heteroatoms. The Bertz CT molecular complexity index is 1500. The summed E-state index contributed by atoms with van der Waals surface area (Å²) in [5, 5.41) is 97.1. The van der Waals surface area contributed by atoms with Gasteiger partial charge in [0.15, 0.2) is 25.2 Å². The summed E-state index contributed by atoms with van der Waals surface area (Å²) in [6, 6.07) is 0. The van der Waals surface area contributed by atoms with Crippen molar-refractivity contribution in [2.75, 3.05) is 13.2 Å². The number of ether oxygens (including phenoxy) is 8. The Labute approximate surface area is 351 Å². The van der Waals surface area contributed by atoms with E-state index in [1.165, 1.54) is 5.57 Å². The Morgan fingerprint density at radius 1 is 0.683 bits per heavy atom. The van der Waals surface area contributed by atoms with Crippen LogP contribution in [0.3, 0.4) is 0 Å². The molecule has 344 valence electrons. The molecule has 60 heavy (non-hydrogen) atoms. The maximum absolute atomic E-state index is 12.3. The smallest absolute Gasteiger partial charge is 0.186 e. The van der Waals surface area contributed by atoms with Crippen molar-refractivity contribution in [2.24, 2.45) is 28.6 Å². The quantitative estimate of drug-likeness (QED) is 0.140. The number of fused-ring (bicyclic) bond motifs is 5. The molecule has 7 fully saturated rings. The summed E-state index contributed by atoms with van der Waals surface area (Å²) in [4.78, 5) is 0. The standard InChI is InChI=1S/C43H70O17/c1-19(44)24-10-13-43(52)26-7-6-22-14-23(8-11-41(22,4)25(26)9-12-42(24,43)5)57-31-15-27(45)37(20(2)55-31)60-40-36(51)34(49)30(18-54-40)58-32-16-28(46)38(21(3)56-32)59-39-35(50)33(48)29(47)17-53-39/h6,19-21,23-40,44-52H,7-18H2,1-5H3. The van der Waals surface area contributed by atoms with Gasteiger partial charge in [0.1, 0.15) is 48.8 Å². The van der Waals surface area contributed by atoms with E-state index < -0.39 is 110 Å². The minimum Gasteiger partial charge on any atom is -0.393 e. The van der Waals surface area contributed by atoms with E-state index in [-0.39, 0.29) is 54.8 Å². The second-order valence-corrected chi connectivity index (χ2v) is 19.8. The predicted octanol–water partition coefficient (Wildman–Crippen LogP) is 0.111. The highest BCUT2D eigenvalue weighted by molar-refractivity contribution is 5.28. The number of hydrogen-bond donors (Lipinski definition) is 9. The SMILES string of the molecule is CC(O)C1CCC2(O)C3CC=C4CC(OC5CC(O)C(OC6OCC(OC7CC(O)C(OC8OCC(O)C(O)C8O)C(C)O7)C(O)C6O)C(C)O5)CCC4(C)C3CCC12C. The van der Waals surface area contributed by atoms with E-state index in [1.54, 1.807) is 13.8 Å². The van der Waals surface area contributed by atoms with E-state index >= 15 is 0 Å². The molecule has 4 saturated heterocycles. The van der Waals surface area contributed by atoms with Crippen molar-refractivity contribution in [3.05, 3.63) is 11.6 Å². The monoisotopic (exact) mass is 858 g/mol. The van der Waals surface area contributed by atoms with Crippen molar-refractivity contribution in [1.82, 2.24) is 0 Å². The van der Waals surface area contributed by atoms with Crippen LogP contribution in [0.2, 0.25) is 0 Å². The molecular weight excluding hydrogens is 788 g/mol. The minimum atomic E-state index is -1.56. The van der Waals surface area contributed by atoms with Crippen molar-refractivity contribution in [3.63, 3.8) is 0 Å². The van der Waals surface area contributed by atoms with Gasteiger partial charge in [0.05, 0.1) is 55.4 Å². The zero-order valence-electron chi connectivity index (χ0n) is 35.5. The Kier molecular flexibility index (Phi) is 13.3. The second kappa shape index (κ2) is 17.5. The molecule has 0 radical (unpaired) electrons. The Morgan fingerprint density at radius 2 is 1.28 bits per heavy atom. The number of hydrogen-bond acceptors (Lipinski definition) is 17. The molecule has 0 amide bonds. The molecule has 3 saturated carbocycles. The van der Waals surface area contributed by atoms with Crippen LogP contribution in [0.5, 0.6) is 0 Å². The van der Waals surface area contributed by atoms with Gasteiger partial charge < -0.3 is 83.9 Å². The van der Waals surface area contributed by atoms with E-state index in [1.807, 2.05) is 6.92 Å². The summed E-state index contributed by atoms with van der Waals surface area (Å²) in [5.74, 6) is 0.644. The van der Waals surface area contributed by atoms with Crippen LogP contribution in [0.1, 0.15) is 98.8 Å². The average Bonchev–Trinajstić information content (AvgIpc) is 3.48. The predicted molar refractivity (Wildman–Crippen MR) is 207 cm³/mol. The number of aliphatic hydroxyl groups excluding tert-OH is 8. The van der Waals surface area contributed by atoms with Gasteiger partial charge in [-0.2, -0.15) is 0 Å². The number of aliphatic hydroxyl groups is 9. The zero-order valence-corrected chi connectivity index (χ0v) is 35.5. The summed E-state index contributed by atoms with van der Waals surface area (Å²) in [5.41, 5.74) is 0.276. The first-order chi connectivity index (χ1) is 28.3. The van der Waals surface area contributed by atoms with E-state index in [4.69, 9.17) is 37.9 Å². The highest BCUT2D eigenvalue weighted by Gasteiger charge is 2.67. The molecule has 0 aromatic heterocycles. The molecule has 0 aromatic carbocycles. The summed E-state index contributed by atoms with van der Waals surface area (Å²) in [6.07, 6.45) is -9.39. The molecule has 24 atom stereocenters. The van der Waals surface area contributed by atoms with Gasteiger partial charge in [-0.3, -0.25) is 0 Å². The molecule has 8 aliphatic rings. The molecule has 4 aliphatic heterocycles. The Morgan fingerprint density at radius 3 is 1.90 bits per heavy atom. The third-order valence-electron chi connectivity index (χ3n) is 16.3. The van der Waals surface area contributed by atoms with Crippen molar-refractivity contribution in [3.8, 4) is 0 Å². The van der Waals surface area contributed by atoms with Gasteiger partial charge in [0.25, 0.3) is 0 Å². The lowest BCUT2D eigenvalue weighted by Crippen LogP contribution is -2.61. The summed E-state index contributed by atoms with van der Waals surface area (Å²) < 4.78 is 47.4. The van der Waals surface area contributed by atoms with Crippen LogP contribution in [0.4, 0.5) is 0 Å². The van der Waals surface area contributed by atoms with Crippen LogP contribution in [-0.2, 0) is 37.9 Å². The van der Waals surface area contributed by atoms with Crippen LogP contribution < -0.4 is 0 Å². The number of allylic oxidation sites excluding steroid dienone is 1. The fourth-order valence-corrected chi connectivity index (χ4v) is 12.8.